The van der Waals surface area contributed by atoms with Gasteiger partial charge in [-0.2, -0.15) is 5.10 Å². The Morgan fingerprint density at radius 3 is 2.74 bits per heavy atom. The van der Waals surface area contributed by atoms with Gasteiger partial charge >= 0.3 is 0 Å². The van der Waals surface area contributed by atoms with Crippen molar-refractivity contribution in [3.63, 3.8) is 0 Å². The molecule has 0 aliphatic carbocycles. The molecule has 96 valence electrons. The van der Waals surface area contributed by atoms with Gasteiger partial charge < -0.3 is 5.32 Å². The highest BCUT2D eigenvalue weighted by Crippen LogP contribution is 2.20. The molecule has 0 atom stereocenters. The van der Waals surface area contributed by atoms with Crippen LogP contribution in [0.5, 0.6) is 0 Å². The van der Waals surface area contributed by atoms with Crippen molar-refractivity contribution in [2.75, 3.05) is 5.32 Å². The summed E-state index contributed by atoms with van der Waals surface area (Å²) >= 11 is 0. The van der Waals surface area contributed by atoms with E-state index in [1.807, 2.05) is 13.1 Å². The lowest BCUT2D eigenvalue weighted by molar-refractivity contribution is 0.0879. The Bertz CT molecular complexity index is 675. The maximum atomic E-state index is 11.5. The molecule has 2 N–H and O–H groups in total. The number of nitrogens with one attached hydrogen (secondary N) is 2. The molecule has 0 saturated carbocycles. The maximum absolute atomic E-state index is 11.5. The highest BCUT2D eigenvalue weighted by atomic mass is 16.2. The fraction of sp³-hybridized carbons (Fsp3) is 0.154. The summed E-state index contributed by atoms with van der Waals surface area (Å²) in [7, 11) is 1.87. The van der Waals surface area contributed by atoms with Crippen LogP contribution in [0, 0.1) is 0 Å². The van der Waals surface area contributed by atoms with E-state index in [1.54, 1.807) is 29.1 Å². The largest absolute Gasteiger partial charge is 0.379 e. The van der Waals surface area contributed by atoms with Crippen molar-refractivity contribution >= 4 is 17.5 Å². The number of carbonyl (C=O) groups excluding carboxylic acids is 2. The summed E-state index contributed by atoms with van der Waals surface area (Å²) in [6, 6.07) is 7.04. The third kappa shape index (κ3) is 1.97. The molecule has 6 nitrogen and oxygen atoms in total. The molecule has 6 heteroatoms. The van der Waals surface area contributed by atoms with Gasteiger partial charge in [-0.1, -0.05) is 0 Å². The van der Waals surface area contributed by atoms with Gasteiger partial charge in [0.05, 0.1) is 23.4 Å². The molecule has 0 spiro atoms. The minimum Gasteiger partial charge on any atom is -0.379 e. The topological polar surface area (TPSA) is 76.0 Å². The van der Waals surface area contributed by atoms with E-state index < -0.39 is 0 Å². The number of benzene rings is 1. The van der Waals surface area contributed by atoms with Crippen molar-refractivity contribution in [1.29, 1.82) is 0 Å². The molecule has 1 aromatic carbocycles. The zero-order valence-corrected chi connectivity index (χ0v) is 10.3. The molecule has 1 aliphatic heterocycles. The number of anilines is 1. The first kappa shape index (κ1) is 11.5. The molecule has 0 fully saturated rings. The summed E-state index contributed by atoms with van der Waals surface area (Å²) in [5, 5.41) is 9.55. The molecule has 19 heavy (non-hydrogen) atoms. The van der Waals surface area contributed by atoms with E-state index in [2.05, 4.69) is 15.7 Å². The van der Waals surface area contributed by atoms with Gasteiger partial charge in [-0.15, -0.1) is 0 Å². The zero-order chi connectivity index (χ0) is 13.4. The van der Waals surface area contributed by atoms with E-state index in [1.165, 1.54) is 0 Å². The van der Waals surface area contributed by atoms with Crippen LogP contribution < -0.4 is 10.6 Å². The number of carbonyl (C=O) groups is 2. The highest BCUT2D eigenvalue weighted by molar-refractivity contribution is 6.21. The Kier molecular flexibility index (Phi) is 2.56. The number of rotatable bonds is 3. The van der Waals surface area contributed by atoms with E-state index in [9.17, 15) is 9.59 Å². The Balaban J connectivity index is 1.80. The number of imide groups is 1. The summed E-state index contributed by atoms with van der Waals surface area (Å²) in [5.41, 5.74) is 2.67. The van der Waals surface area contributed by atoms with Crippen molar-refractivity contribution in [2.45, 2.75) is 6.54 Å². The average molecular weight is 256 g/mol. The number of aromatic nitrogens is 2. The standard InChI is InChI=1S/C13H12N4O2/c1-17-9(4-5-15-17)7-14-8-2-3-10-11(6-8)13(19)16-12(10)18/h2-6,14H,7H2,1H3,(H,16,18,19). The number of aryl methyl sites for hydroxylation is 1. The van der Waals surface area contributed by atoms with Crippen LogP contribution in [0.3, 0.4) is 0 Å². The predicted octanol–water partition coefficient (Wildman–Crippen LogP) is 0.916. The Labute approximate surface area is 109 Å². The van der Waals surface area contributed by atoms with E-state index in [4.69, 9.17) is 0 Å². The van der Waals surface area contributed by atoms with Gasteiger partial charge in [0, 0.05) is 18.9 Å². The molecule has 1 aromatic heterocycles. The molecule has 2 amide bonds. The Morgan fingerprint density at radius 2 is 2.00 bits per heavy atom. The third-order valence-electron chi connectivity index (χ3n) is 3.13. The van der Waals surface area contributed by atoms with Crippen molar-refractivity contribution in [2.24, 2.45) is 7.05 Å². The van der Waals surface area contributed by atoms with Gasteiger partial charge in [0.2, 0.25) is 0 Å². The zero-order valence-electron chi connectivity index (χ0n) is 10.3. The number of hydrogen-bond donors (Lipinski definition) is 2. The second-order valence-corrected chi connectivity index (χ2v) is 4.34. The Morgan fingerprint density at radius 1 is 1.21 bits per heavy atom. The van der Waals surface area contributed by atoms with Crippen LogP contribution >= 0.6 is 0 Å². The maximum Gasteiger partial charge on any atom is 0.259 e. The second kappa shape index (κ2) is 4.24. The second-order valence-electron chi connectivity index (χ2n) is 4.34. The molecule has 0 unspecified atom stereocenters. The summed E-state index contributed by atoms with van der Waals surface area (Å²) in [5.74, 6) is -0.678. The van der Waals surface area contributed by atoms with Crippen molar-refractivity contribution in [3.05, 3.63) is 47.3 Å². The predicted molar refractivity (Wildman–Crippen MR) is 68.8 cm³/mol. The monoisotopic (exact) mass is 256 g/mol. The first-order valence-corrected chi connectivity index (χ1v) is 5.85. The summed E-state index contributed by atoms with van der Waals surface area (Å²) in [4.78, 5) is 23.0. The quantitative estimate of drug-likeness (QED) is 0.800. The lowest BCUT2D eigenvalue weighted by atomic mass is 10.1. The lowest BCUT2D eigenvalue weighted by Crippen LogP contribution is -2.19. The molecule has 3 rings (SSSR count). The molecule has 2 heterocycles. The smallest absolute Gasteiger partial charge is 0.259 e. The fourth-order valence-corrected chi connectivity index (χ4v) is 2.05. The van der Waals surface area contributed by atoms with Crippen LogP contribution in [0.15, 0.2) is 30.5 Å². The molecule has 0 radical (unpaired) electrons. The normalized spacial score (nSPS) is 13.3. The molecule has 1 aliphatic rings. The van der Waals surface area contributed by atoms with Gasteiger partial charge in [0.25, 0.3) is 11.8 Å². The first-order valence-electron chi connectivity index (χ1n) is 5.85. The molecular formula is C13H12N4O2. The first-order chi connectivity index (χ1) is 9.15. The van der Waals surface area contributed by atoms with Crippen LogP contribution in [-0.4, -0.2) is 21.6 Å². The number of amides is 2. The number of hydrogen-bond acceptors (Lipinski definition) is 4. The van der Waals surface area contributed by atoms with Gasteiger partial charge in [-0.25, -0.2) is 0 Å². The van der Waals surface area contributed by atoms with Crippen LogP contribution in [0.25, 0.3) is 0 Å². The van der Waals surface area contributed by atoms with Crippen LogP contribution in [0.4, 0.5) is 5.69 Å². The van der Waals surface area contributed by atoms with E-state index in [0.717, 1.165) is 11.4 Å². The van der Waals surface area contributed by atoms with Crippen LogP contribution in [0.1, 0.15) is 26.4 Å². The molecule has 0 bridgehead atoms. The van der Waals surface area contributed by atoms with Crippen LogP contribution in [0.2, 0.25) is 0 Å². The van der Waals surface area contributed by atoms with Crippen LogP contribution in [-0.2, 0) is 13.6 Å². The van der Waals surface area contributed by atoms with E-state index in [-0.39, 0.29) is 11.8 Å². The fourth-order valence-electron chi connectivity index (χ4n) is 2.05. The summed E-state index contributed by atoms with van der Waals surface area (Å²) < 4.78 is 1.77. The summed E-state index contributed by atoms with van der Waals surface area (Å²) in [6.07, 6.45) is 1.73. The minimum atomic E-state index is -0.343. The van der Waals surface area contributed by atoms with Gasteiger partial charge in [-0.3, -0.25) is 19.6 Å². The van der Waals surface area contributed by atoms with Crippen molar-refractivity contribution in [3.8, 4) is 0 Å². The van der Waals surface area contributed by atoms with Gasteiger partial charge in [0.15, 0.2) is 0 Å². The van der Waals surface area contributed by atoms with Gasteiger partial charge in [0.1, 0.15) is 0 Å². The minimum absolute atomic E-state index is 0.335. The molecule has 2 aromatic rings. The van der Waals surface area contributed by atoms with E-state index >= 15 is 0 Å². The molecular weight excluding hydrogens is 244 g/mol. The average Bonchev–Trinajstić information content (AvgIpc) is 2.92. The SMILES string of the molecule is Cn1nccc1CNc1ccc2c(c1)C(=O)NC2=O. The van der Waals surface area contributed by atoms with Crippen molar-refractivity contribution in [1.82, 2.24) is 15.1 Å². The highest BCUT2D eigenvalue weighted by Gasteiger charge is 2.26. The third-order valence-corrected chi connectivity index (χ3v) is 3.13. The van der Waals surface area contributed by atoms with Gasteiger partial charge in [-0.05, 0) is 24.3 Å². The van der Waals surface area contributed by atoms with E-state index in [0.29, 0.717) is 17.7 Å². The number of fused-ring (bicyclic) bond motifs is 1. The van der Waals surface area contributed by atoms with Crippen molar-refractivity contribution < 1.29 is 9.59 Å². The summed E-state index contributed by atoms with van der Waals surface area (Å²) in [6.45, 7) is 0.602. The number of nitrogens with zero attached hydrogens (tertiary/aromatic N) is 2. The Hall–Kier alpha value is -2.63. The molecule has 0 saturated heterocycles. The lowest BCUT2D eigenvalue weighted by Gasteiger charge is -2.07.